The Morgan fingerprint density at radius 1 is 0.522 bits per heavy atom. The number of phenols is 2. The van der Waals surface area contributed by atoms with Gasteiger partial charge >= 0.3 is 0 Å². The highest BCUT2D eigenvalue weighted by atomic mass is 35.5. The van der Waals surface area contributed by atoms with E-state index < -0.39 is 0 Å². The molecular formula is C20H15ClO2. The van der Waals surface area contributed by atoms with E-state index in [1.54, 1.807) is 18.2 Å². The molecule has 3 heteroatoms. The summed E-state index contributed by atoms with van der Waals surface area (Å²) in [4.78, 5) is 0. The van der Waals surface area contributed by atoms with Crippen LogP contribution in [-0.4, -0.2) is 10.2 Å². The maximum atomic E-state index is 9.44. The zero-order valence-corrected chi connectivity index (χ0v) is 13.0. The molecular weight excluding hydrogens is 308 g/mol. The Kier molecular flexibility index (Phi) is 4.35. The van der Waals surface area contributed by atoms with E-state index in [1.807, 2.05) is 60.7 Å². The lowest BCUT2D eigenvalue weighted by molar-refractivity contribution is 0.481. The molecule has 0 bridgehead atoms. The van der Waals surface area contributed by atoms with Crippen LogP contribution in [0.25, 0.3) is 21.5 Å². The van der Waals surface area contributed by atoms with E-state index in [0.29, 0.717) is 10.8 Å². The predicted molar refractivity (Wildman–Crippen MR) is 96.2 cm³/mol. The molecule has 0 aliphatic rings. The number of benzene rings is 4. The number of phenolic OH excluding ortho intramolecular Hbond substituents is 2. The molecule has 0 spiro atoms. The van der Waals surface area contributed by atoms with Crippen LogP contribution in [0.15, 0.2) is 78.9 Å². The number of halogens is 1. The van der Waals surface area contributed by atoms with E-state index in [4.69, 9.17) is 11.6 Å². The Balaban J connectivity index is 0.000000136. The van der Waals surface area contributed by atoms with Crippen LogP contribution >= 0.6 is 11.6 Å². The first-order chi connectivity index (χ1) is 11.2. The molecule has 4 aromatic carbocycles. The molecule has 23 heavy (non-hydrogen) atoms. The second-order valence-corrected chi connectivity index (χ2v) is 5.52. The summed E-state index contributed by atoms with van der Waals surface area (Å²) >= 11 is 5.92. The van der Waals surface area contributed by atoms with Gasteiger partial charge in [-0.25, -0.2) is 0 Å². The molecule has 2 nitrogen and oxygen atoms in total. The molecule has 0 aliphatic carbocycles. The maximum Gasteiger partial charge on any atom is 0.123 e. The Labute approximate surface area is 139 Å². The molecule has 0 heterocycles. The minimum Gasteiger partial charge on any atom is -0.507 e. The normalized spacial score (nSPS) is 10.3. The Hall–Kier alpha value is -2.71. The van der Waals surface area contributed by atoms with Crippen LogP contribution in [-0.2, 0) is 0 Å². The molecule has 0 fully saturated rings. The van der Waals surface area contributed by atoms with Gasteiger partial charge in [0.05, 0.1) is 0 Å². The molecule has 0 unspecified atom stereocenters. The average molecular weight is 323 g/mol. The number of rotatable bonds is 0. The van der Waals surface area contributed by atoms with Crippen LogP contribution in [0.2, 0.25) is 5.02 Å². The van der Waals surface area contributed by atoms with Gasteiger partial charge in [0.25, 0.3) is 0 Å². The summed E-state index contributed by atoms with van der Waals surface area (Å²) in [5.41, 5.74) is 0. The van der Waals surface area contributed by atoms with Gasteiger partial charge in [0.2, 0.25) is 0 Å². The zero-order valence-electron chi connectivity index (χ0n) is 12.3. The van der Waals surface area contributed by atoms with E-state index in [0.717, 1.165) is 21.5 Å². The van der Waals surface area contributed by atoms with Crippen molar-refractivity contribution in [2.24, 2.45) is 0 Å². The second kappa shape index (κ2) is 6.59. The minimum atomic E-state index is 0.273. The van der Waals surface area contributed by atoms with Gasteiger partial charge in [0.1, 0.15) is 11.5 Å². The van der Waals surface area contributed by atoms with E-state index >= 15 is 0 Å². The molecule has 4 aromatic rings. The summed E-state index contributed by atoms with van der Waals surface area (Å²) < 4.78 is 0. The SMILES string of the molecule is Oc1ccc(Cl)c2ccccc12.Oc1cccc2ccccc12. The second-order valence-electron chi connectivity index (χ2n) is 5.11. The molecule has 0 atom stereocenters. The number of fused-ring (bicyclic) bond motifs is 2. The van der Waals surface area contributed by atoms with Crippen LogP contribution in [0.3, 0.4) is 0 Å². The fourth-order valence-electron chi connectivity index (χ4n) is 2.45. The average Bonchev–Trinajstić information content (AvgIpc) is 2.60. The summed E-state index contributed by atoms with van der Waals surface area (Å²) in [6.07, 6.45) is 0. The summed E-state index contributed by atoms with van der Waals surface area (Å²) in [7, 11) is 0. The van der Waals surface area contributed by atoms with Gasteiger partial charge in [0.15, 0.2) is 0 Å². The first kappa shape index (κ1) is 15.2. The third kappa shape index (κ3) is 3.22. The van der Waals surface area contributed by atoms with Gasteiger partial charge in [-0.1, -0.05) is 72.3 Å². The predicted octanol–water partition coefficient (Wildman–Crippen LogP) is 5.74. The van der Waals surface area contributed by atoms with Crippen LogP contribution < -0.4 is 0 Å². The van der Waals surface area contributed by atoms with E-state index in [9.17, 15) is 10.2 Å². The standard InChI is InChI=1S/C10H7ClO.C10H8O/c11-9-5-6-10(12)8-4-2-1-3-7(8)9;11-10-7-3-5-8-4-1-2-6-9(8)10/h1-6,12H;1-7,11H. The lowest BCUT2D eigenvalue weighted by atomic mass is 10.1. The summed E-state index contributed by atoms with van der Waals surface area (Å²) in [6, 6.07) is 24.1. The van der Waals surface area contributed by atoms with E-state index in [2.05, 4.69) is 0 Å². The fourth-order valence-corrected chi connectivity index (χ4v) is 2.68. The maximum absolute atomic E-state index is 9.44. The van der Waals surface area contributed by atoms with E-state index in [1.165, 1.54) is 0 Å². The Morgan fingerprint density at radius 2 is 1.09 bits per heavy atom. The molecule has 114 valence electrons. The van der Waals surface area contributed by atoms with Crippen LogP contribution in [0.4, 0.5) is 0 Å². The zero-order chi connectivity index (χ0) is 16.2. The third-order valence-electron chi connectivity index (χ3n) is 3.61. The summed E-state index contributed by atoms with van der Waals surface area (Å²) in [5, 5.41) is 23.2. The number of hydrogen-bond donors (Lipinski definition) is 2. The summed E-state index contributed by atoms with van der Waals surface area (Å²) in [6.45, 7) is 0. The molecule has 0 radical (unpaired) electrons. The van der Waals surface area contributed by atoms with Crippen molar-refractivity contribution in [2.45, 2.75) is 0 Å². The molecule has 0 aliphatic heterocycles. The number of aromatic hydroxyl groups is 2. The van der Waals surface area contributed by atoms with Gasteiger partial charge in [-0.3, -0.25) is 0 Å². The van der Waals surface area contributed by atoms with Gasteiger partial charge in [0, 0.05) is 21.2 Å². The highest BCUT2D eigenvalue weighted by Crippen LogP contribution is 2.29. The monoisotopic (exact) mass is 322 g/mol. The molecule has 0 amide bonds. The van der Waals surface area contributed by atoms with Crippen molar-refractivity contribution in [2.75, 3.05) is 0 Å². The topological polar surface area (TPSA) is 40.5 Å². The molecule has 0 aromatic heterocycles. The first-order valence-corrected chi connectivity index (χ1v) is 7.57. The Bertz CT molecular complexity index is 918. The molecule has 0 saturated carbocycles. The van der Waals surface area contributed by atoms with Crippen LogP contribution in [0.5, 0.6) is 11.5 Å². The van der Waals surface area contributed by atoms with Gasteiger partial charge in [-0.15, -0.1) is 0 Å². The molecule has 0 saturated heterocycles. The van der Waals surface area contributed by atoms with E-state index in [-0.39, 0.29) is 5.75 Å². The molecule has 2 N–H and O–H groups in total. The van der Waals surface area contributed by atoms with Crippen molar-refractivity contribution in [3.05, 3.63) is 83.9 Å². The first-order valence-electron chi connectivity index (χ1n) is 7.20. The van der Waals surface area contributed by atoms with Crippen LogP contribution in [0.1, 0.15) is 0 Å². The van der Waals surface area contributed by atoms with Crippen molar-refractivity contribution >= 4 is 33.1 Å². The van der Waals surface area contributed by atoms with Gasteiger partial charge in [-0.05, 0) is 23.6 Å². The van der Waals surface area contributed by atoms with Crippen molar-refractivity contribution < 1.29 is 10.2 Å². The van der Waals surface area contributed by atoms with Gasteiger partial charge < -0.3 is 10.2 Å². The Morgan fingerprint density at radius 3 is 1.78 bits per heavy atom. The number of hydrogen-bond acceptors (Lipinski definition) is 2. The highest BCUT2D eigenvalue weighted by Gasteiger charge is 2.01. The van der Waals surface area contributed by atoms with Gasteiger partial charge in [-0.2, -0.15) is 0 Å². The third-order valence-corrected chi connectivity index (χ3v) is 3.94. The van der Waals surface area contributed by atoms with Crippen molar-refractivity contribution in [1.29, 1.82) is 0 Å². The van der Waals surface area contributed by atoms with Crippen molar-refractivity contribution in [1.82, 2.24) is 0 Å². The lowest BCUT2D eigenvalue weighted by Gasteiger charge is -2.01. The summed E-state index contributed by atoms with van der Waals surface area (Å²) in [5.74, 6) is 0.623. The smallest absolute Gasteiger partial charge is 0.123 e. The highest BCUT2D eigenvalue weighted by molar-refractivity contribution is 6.35. The minimum absolute atomic E-state index is 0.273. The largest absolute Gasteiger partial charge is 0.507 e. The van der Waals surface area contributed by atoms with Crippen LogP contribution in [0, 0.1) is 0 Å². The molecule has 4 rings (SSSR count). The fraction of sp³-hybridized carbons (Fsp3) is 0. The van der Waals surface area contributed by atoms with Crippen molar-refractivity contribution in [3.63, 3.8) is 0 Å². The quantitative estimate of drug-likeness (QED) is 0.433. The lowest BCUT2D eigenvalue weighted by Crippen LogP contribution is -1.74. The van der Waals surface area contributed by atoms with Crippen molar-refractivity contribution in [3.8, 4) is 11.5 Å².